The number of rotatable bonds is 6. The third-order valence-electron chi connectivity index (χ3n) is 5.68. The third kappa shape index (κ3) is 4.30. The number of ether oxygens (including phenoxy) is 2. The summed E-state index contributed by atoms with van der Waals surface area (Å²) in [5.41, 5.74) is 2.09. The maximum Gasteiger partial charge on any atom is 0.350 e. The molecule has 35 heavy (non-hydrogen) atoms. The number of carbonyl (C=O) groups is 3. The molecular weight excluding hydrogens is 468 g/mol. The topological polar surface area (TPSA) is 106 Å². The molecule has 2 heterocycles. The number of amides is 1. The van der Waals surface area contributed by atoms with Crippen molar-refractivity contribution in [2.24, 2.45) is 0 Å². The number of benzene rings is 2. The quantitative estimate of drug-likeness (QED) is 0.232. The van der Waals surface area contributed by atoms with E-state index in [0.29, 0.717) is 22.6 Å². The number of nitrogens with zero attached hydrogens (tertiary/aromatic N) is 2. The van der Waals surface area contributed by atoms with Gasteiger partial charge in [-0.3, -0.25) is 14.5 Å². The van der Waals surface area contributed by atoms with E-state index in [9.17, 15) is 19.5 Å². The molecule has 1 saturated heterocycles. The summed E-state index contributed by atoms with van der Waals surface area (Å²) in [5.74, 6) is -1.89. The fourth-order valence-corrected chi connectivity index (χ4v) is 5.02. The average Bonchev–Trinajstić information content (AvgIpc) is 3.36. The number of hydrogen-bond acceptors (Lipinski definition) is 8. The number of Topliss-reactive ketones (excluding diaryl/α,β-unsaturated/α-hetero) is 1. The summed E-state index contributed by atoms with van der Waals surface area (Å²) < 4.78 is 10.4. The van der Waals surface area contributed by atoms with Gasteiger partial charge in [-0.1, -0.05) is 41.7 Å². The van der Waals surface area contributed by atoms with Gasteiger partial charge in [0, 0.05) is 5.56 Å². The van der Waals surface area contributed by atoms with Crippen LogP contribution in [0.15, 0.2) is 54.1 Å². The molecule has 180 valence electrons. The lowest BCUT2D eigenvalue weighted by Crippen LogP contribution is -2.29. The highest BCUT2D eigenvalue weighted by Crippen LogP contribution is 2.44. The minimum atomic E-state index is -0.931. The number of ketones is 1. The average molecular weight is 493 g/mol. The zero-order valence-corrected chi connectivity index (χ0v) is 20.5. The Morgan fingerprint density at radius 3 is 2.49 bits per heavy atom. The molecule has 0 saturated carbocycles. The number of aromatic nitrogens is 1. The van der Waals surface area contributed by atoms with Crippen LogP contribution in [0.3, 0.4) is 0 Å². The van der Waals surface area contributed by atoms with Gasteiger partial charge in [-0.2, -0.15) is 0 Å². The van der Waals surface area contributed by atoms with E-state index in [1.54, 1.807) is 63.4 Å². The first-order valence-electron chi connectivity index (χ1n) is 10.9. The van der Waals surface area contributed by atoms with E-state index >= 15 is 0 Å². The second kappa shape index (κ2) is 9.71. The Morgan fingerprint density at radius 1 is 1.14 bits per heavy atom. The van der Waals surface area contributed by atoms with Crippen LogP contribution in [-0.4, -0.2) is 41.5 Å². The summed E-state index contributed by atoms with van der Waals surface area (Å²) in [6.07, 6.45) is 0. The fraction of sp³-hybridized carbons (Fsp3) is 0.231. The Morgan fingerprint density at radius 2 is 1.86 bits per heavy atom. The molecule has 4 rings (SSSR count). The largest absolute Gasteiger partial charge is 0.507 e. The number of anilines is 1. The van der Waals surface area contributed by atoms with Gasteiger partial charge >= 0.3 is 11.9 Å². The van der Waals surface area contributed by atoms with Gasteiger partial charge in [0.05, 0.1) is 31.0 Å². The molecule has 0 aliphatic carbocycles. The second-order valence-electron chi connectivity index (χ2n) is 7.90. The number of aliphatic hydroxyl groups excluding tert-OH is 1. The van der Waals surface area contributed by atoms with Crippen LogP contribution in [0, 0.1) is 13.8 Å². The Hall–Kier alpha value is -3.98. The molecule has 2 aromatic carbocycles. The molecule has 0 radical (unpaired) electrons. The van der Waals surface area contributed by atoms with E-state index in [0.717, 1.165) is 16.9 Å². The smallest absolute Gasteiger partial charge is 0.350 e. The molecule has 1 N–H and O–H groups in total. The second-order valence-corrected chi connectivity index (χ2v) is 8.87. The summed E-state index contributed by atoms with van der Waals surface area (Å²) in [4.78, 5) is 44.8. The standard InChI is InChI=1S/C26H24N2O6S/c1-5-34-25(32)23-15(3)27-26(35-23)28-20(16-9-7-6-8-10-16)19(22(30)24(28)31)21(29)17-11-12-18(33-4)14(2)13-17/h6-13,20,29H,5H2,1-4H3/t20-/m1/s1. The molecule has 1 amide bonds. The van der Waals surface area contributed by atoms with Crippen molar-refractivity contribution in [3.63, 3.8) is 0 Å². The Labute approximate surface area is 206 Å². The van der Waals surface area contributed by atoms with Crippen LogP contribution in [0.2, 0.25) is 0 Å². The Bertz CT molecular complexity index is 1350. The monoisotopic (exact) mass is 492 g/mol. The molecule has 0 unspecified atom stereocenters. The first-order valence-corrected chi connectivity index (χ1v) is 11.8. The Kier molecular flexibility index (Phi) is 6.70. The van der Waals surface area contributed by atoms with Gasteiger partial charge in [0.15, 0.2) is 5.13 Å². The number of carbonyl (C=O) groups excluding carboxylic acids is 3. The van der Waals surface area contributed by atoms with Crippen LogP contribution < -0.4 is 9.64 Å². The van der Waals surface area contributed by atoms with E-state index in [1.165, 1.54) is 4.90 Å². The van der Waals surface area contributed by atoms with Gasteiger partial charge in [0.1, 0.15) is 16.4 Å². The number of esters is 1. The van der Waals surface area contributed by atoms with Crippen molar-refractivity contribution in [1.82, 2.24) is 4.98 Å². The lowest BCUT2D eigenvalue weighted by Gasteiger charge is -2.23. The van der Waals surface area contributed by atoms with Crippen molar-refractivity contribution >= 4 is 39.9 Å². The van der Waals surface area contributed by atoms with Crippen molar-refractivity contribution in [3.05, 3.63) is 81.4 Å². The molecule has 1 fully saturated rings. The molecule has 1 aliphatic heterocycles. The van der Waals surface area contributed by atoms with E-state index in [2.05, 4.69) is 4.98 Å². The van der Waals surface area contributed by atoms with Gasteiger partial charge in [0.2, 0.25) is 0 Å². The summed E-state index contributed by atoms with van der Waals surface area (Å²) in [6.45, 7) is 5.35. The van der Waals surface area contributed by atoms with Crippen molar-refractivity contribution in [3.8, 4) is 5.75 Å². The molecule has 3 aromatic rings. The van der Waals surface area contributed by atoms with Gasteiger partial charge in [-0.15, -0.1) is 0 Å². The van der Waals surface area contributed by atoms with Gasteiger partial charge in [-0.25, -0.2) is 9.78 Å². The van der Waals surface area contributed by atoms with Crippen molar-refractivity contribution in [2.75, 3.05) is 18.6 Å². The van der Waals surface area contributed by atoms with Crippen molar-refractivity contribution in [2.45, 2.75) is 26.8 Å². The fourth-order valence-electron chi connectivity index (χ4n) is 4.03. The highest BCUT2D eigenvalue weighted by atomic mass is 32.1. The number of hydrogen-bond donors (Lipinski definition) is 1. The van der Waals surface area contributed by atoms with Crippen LogP contribution in [0.5, 0.6) is 5.75 Å². The highest BCUT2D eigenvalue weighted by molar-refractivity contribution is 7.17. The molecule has 1 aromatic heterocycles. The number of aryl methyl sites for hydroxylation is 2. The van der Waals surface area contributed by atoms with E-state index in [4.69, 9.17) is 9.47 Å². The molecule has 1 aliphatic rings. The first-order chi connectivity index (χ1) is 16.8. The molecule has 8 nitrogen and oxygen atoms in total. The zero-order valence-electron chi connectivity index (χ0n) is 19.7. The van der Waals surface area contributed by atoms with Gasteiger partial charge in [-0.05, 0) is 50.1 Å². The summed E-state index contributed by atoms with van der Waals surface area (Å²) in [5, 5.41) is 11.4. The van der Waals surface area contributed by atoms with E-state index < -0.39 is 23.7 Å². The van der Waals surface area contributed by atoms with Gasteiger partial charge < -0.3 is 14.6 Å². The van der Waals surface area contributed by atoms with Gasteiger partial charge in [0.25, 0.3) is 5.78 Å². The number of thiazole rings is 1. The normalized spacial score (nSPS) is 17.0. The SMILES string of the molecule is CCOC(=O)c1sc(N2C(=O)C(=O)C(=C(O)c3ccc(OC)c(C)c3)[C@H]2c2ccccc2)nc1C. The third-order valence-corrected chi connectivity index (χ3v) is 6.82. The molecular formula is C26H24N2O6S. The predicted molar refractivity (Wildman–Crippen MR) is 132 cm³/mol. The van der Waals surface area contributed by atoms with Crippen LogP contribution in [0.4, 0.5) is 5.13 Å². The maximum absolute atomic E-state index is 13.3. The van der Waals surface area contributed by atoms with Crippen molar-refractivity contribution in [1.29, 1.82) is 0 Å². The van der Waals surface area contributed by atoms with E-state index in [-0.39, 0.29) is 27.9 Å². The Balaban J connectivity index is 1.89. The first kappa shape index (κ1) is 24.2. The summed E-state index contributed by atoms with van der Waals surface area (Å²) in [6, 6.07) is 13.0. The lowest BCUT2D eigenvalue weighted by atomic mass is 9.95. The number of methoxy groups -OCH3 is 1. The number of aliphatic hydroxyl groups is 1. The van der Waals surface area contributed by atoms with Crippen LogP contribution in [0.25, 0.3) is 5.76 Å². The lowest BCUT2D eigenvalue weighted by molar-refractivity contribution is -0.132. The zero-order chi connectivity index (χ0) is 25.3. The molecule has 9 heteroatoms. The highest BCUT2D eigenvalue weighted by Gasteiger charge is 2.48. The van der Waals surface area contributed by atoms with Crippen molar-refractivity contribution < 1.29 is 29.0 Å². The van der Waals surface area contributed by atoms with Crippen LogP contribution in [-0.2, 0) is 14.3 Å². The summed E-state index contributed by atoms with van der Waals surface area (Å²) >= 11 is 0.972. The van der Waals surface area contributed by atoms with E-state index in [1.807, 2.05) is 13.0 Å². The minimum Gasteiger partial charge on any atom is -0.507 e. The molecule has 0 bridgehead atoms. The predicted octanol–water partition coefficient (Wildman–Crippen LogP) is 4.57. The molecule has 1 atom stereocenters. The minimum absolute atomic E-state index is 0.0590. The van der Waals surface area contributed by atoms with Crippen LogP contribution >= 0.6 is 11.3 Å². The maximum atomic E-state index is 13.3. The van der Waals surface area contributed by atoms with Crippen LogP contribution in [0.1, 0.15) is 45.0 Å². The summed E-state index contributed by atoms with van der Waals surface area (Å²) in [7, 11) is 1.55. The molecule has 0 spiro atoms.